The van der Waals surface area contributed by atoms with E-state index in [0.717, 1.165) is 0 Å². The molecule has 0 saturated carbocycles. The van der Waals surface area contributed by atoms with Crippen LogP contribution in [0.15, 0.2) is 47.4 Å². The highest BCUT2D eigenvalue weighted by Gasteiger charge is 2.06. The predicted octanol–water partition coefficient (Wildman–Crippen LogP) is 1.44. The van der Waals surface area contributed by atoms with Crippen molar-refractivity contribution in [3.8, 4) is 0 Å². The van der Waals surface area contributed by atoms with Crippen molar-refractivity contribution >= 4 is 17.9 Å². The number of aromatic amines is 1. The van der Waals surface area contributed by atoms with E-state index in [4.69, 9.17) is 0 Å². The quantitative estimate of drug-likeness (QED) is 0.799. The smallest absolute Gasteiger partial charge is 0.255 e. The third-order valence-electron chi connectivity index (χ3n) is 2.32. The largest absolute Gasteiger partial charge is 0.329 e. The lowest BCUT2D eigenvalue weighted by molar-refractivity contribution is 0.102. The number of H-pyrrole nitrogens is 1. The van der Waals surface area contributed by atoms with Gasteiger partial charge < -0.3 is 10.3 Å². The van der Waals surface area contributed by atoms with Crippen LogP contribution in [0.2, 0.25) is 0 Å². The van der Waals surface area contributed by atoms with Crippen LogP contribution in [0.5, 0.6) is 0 Å². The van der Waals surface area contributed by atoms with E-state index >= 15 is 0 Å². The SMILES string of the molecule is O=Cc1cccc(NC(=O)c2cc[nH]c(=O)c2)c1. The molecule has 0 radical (unpaired) electrons. The standard InChI is InChI=1S/C13H10N2O3/c16-8-9-2-1-3-11(6-9)15-13(18)10-4-5-14-12(17)7-10/h1-8H,(H,14,17)(H,15,18). The summed E-state index contributed by atoms with van der Waals surface area (Å²) in [6.45, 7) is 0. The number of anilines is 1. The Hall–Kier alpha value is -2.69. The summed E-state index contributed by atoms with van der Waals surface area (Å²) in [5, 5.41) is 2.61. The predicted molar refractivity (Wildman–Crippen MR) is 66.8 cm³/mol. The lowest BCUT2D eigenvalue weighted by Crippen LogP contribution is -2.15. The summed E-state index contributed by atoms with van der Waals surface area (Å²) in [4.78, 5) is 35.9. The Balaban J connectivity index is 2.21. The molecule has 0 atom stereocenters. The summed E-state index contributed by atoms with van der Waals surface area (Å²) in [7, 11) is 0. The molecule has 5 heteroatoms. The normalized spacial score (nSPS) is 9.78. The summed E-state index contributed by atoms with van der Waals surface area (Å²) in [6, 6.07) is 9.22. The van der Waals surface area contributed by atoms with Crippen molar-refractivity contribution in [3.05, 3.63) is 64.1 Å². The molecule has 2 N–H and O–H groups in total. The molecule has 90 valence electrons. The molecule has 2 rings (SSSR count). The number of pyridine rings is 1. The van der Waals surface area contributed by atoms with Gasteiger partial charge in [0, 0.05) is 29.1 Å². The van der Waals surface area contributed by atoms with Gasteiger partial charge in [-0.25, -0.2) is 0 Å². The van der Waals surface area contributed by atoms with Crippen molar-refractivity contribution in [1.82, 2.24) is 4.98 Å². The summed E-state index contributed by atoms with van der Waals surface area (Å²) in [5.41, 5.74) is 0.892. The number of rotatable bonds is 3. The molecule has 1 amide bonds. The van der Waals surface area contributed by atoms with E-state index in [1.807, 2.05) is 0 Å². The van der Waals surface area contributed by atoms with E-state index in [1.165, 1.54) is 18.3 Å². The van der Waals surface area contributed by atoms with Gasteiger partial charge in [0.1, 0.15) is 6.29 Å². The second-order valence-corrected chi connectivity index (χ2v) is 3.64. The molecule has 0 bridgehead atoms. The Morgan fingerprint density at radius 1 is 1.22 bits per heavy atom. The van der Waals surface area contributed by atoms with Crippen LogP contribution in [0.3, 0.4) is 0 Å². The maximum Gasteiger partial charge on any atom is 0.255 e. The summed E-state index contributed by atoms with van der Waals surface area (Å²) >= 11 is 0. The number of carbonyl (C=O) groups excluding carboxylic acids is 2. The highest BCUT2D eigenvalue weighted by Crippen LogP contribution is 2.10. The maximum atomic E-state index is 11.8. The van der Waals surface area contributed by atoms with Gasteiger partial charge in [0.15, 0.2) is 0 Å². The fourth-order valence-corrected chi connectivity index (χ4v) is 1.48. The van der Waals surface area contributed by atoms with Crippen molar-refractivity contribution in [3.63, 3.8) is 0 Å². The fourth-order valence-electron chi connectivity index (χ4n) is 1.48. The van der Waals surface area contributed by atoms with Crippen molar-refractivity contribution in [1.29, 1.82) is 0 Å². The number of amides is 1. The topological polar surface area (TPSA) is 79.0 Å². The zero-order valence-electron chi connectivity index (χ0n) is 9.34. The van der Waals surface area contributed by atoms with E-state index in [0.29, 0.717) is 17.5 Å². The minimum atomic E-state index is -0.399. The minimum Gasteiger partial charge on any atom is -0.329 e. The Bertz CT molecular complexity index is 646. The molecule has 0 spiro atoms. The van der Waals surface area contributed by atoms with Crippen LogP contribution in [0, 0.1) is 0 Å². The molecular formula is C13H10N2O3. The first kappa shape index (κ1) is 11.8. The maximum absolute atomic E-state index is 11.8. The highest BCUT2D eigenvalue weighted by molar-refractivity contribution is 6.04. The zero-order valence-corrected chi connectivity index (χ0v) is 9.34. The van der Waals surface area contributed by atoms with E-state index in [2.05, 4.69) is 10.3 Å². The van der Waals surface area contributed by atoms with Crippen LogP contribution in [0.25, 0.3) is 0 Å². The van der Waals surface area contributed by atoms with Gasteiger partial charge in [-0.3, -0.25) is 14.4 Å². The van der Waals surface area contributed by atoms with Gasteiger partial charge >= 0.3 is 0 Å². The first-order valence-corrected chi connectivity index (χ1v) is 5.24. The Morgan fingerprint density at radius 2 is 2.06 bits per heavy atom. The van der Waals surface area contributed by atoms with E-state index in [1.54, 1.807) is 24.3 Å². The number of aldehydes is 1. The van der Waals surface area contributed by atoms with Crippen molar-refractivity contribution in [2.75, 3.05) is 5.32 Å². The van der Waals surface area contributed by atoms with E-state index in [9.17, 15) is 14.4 Å². The molecule has 0 fully saturated rings. The number of hydrogen-bond donors (Lipinski definition) is 2. The van der Waals surface area contributed by atoms with Gasteiger partial charge in [-0.05, 0) is 18.2 Å². The first-order valence-electron chi connectivity index (χ1n) is 5.24. The number of carbonyl (C=O) groups is 2. The molecule has 18 heavy (non-hydrogen) atoms. The Labute approximate surface area is 102 Å². The lowest BCUT2D eigenvalue weighted by atomic mass is 10.2. The lowest BCUT2D eigenvalue weighted by Gasteiger charge is -2.05. The van der Waals surface area contributed by atoms with Crippen LogP contribution in [-0.2, 0) is 0 Å². The van der Waals surface area contributed by atoms with Crippen LogP contribution in [0.1, 0.15) is 20.7 Å². The molecule has 0 aliphatic rings. The molecule has 1 aromatic heterocycles. The van der Waals surface area contributed by atoms with Crippen LogP contribution >= 0.6 is 0 Å². The Morgan fingerprint density at radius 3 is 2.78 bits per heavy atom. The monoisotopic (exact) mass is 242 g/mol. The zero-order chi connectivity index (χ0) is 13.0. The fraction of sp³-hybridized carbons (Fsp3) is 0. The molecular weight excluding hydrogens is 232 g/mol. The van der Waals surface area contributed by atoms with Gasteiger partial charge in [-0.1, -0.05) is 12.1 Å². The van der Waals surface area contributed by atoms with Crippen molar-refractivity contribution in [2.24, 2.45) is 0 Å². The molecule has 0 unspecified atom stereocenters. The molecule has 0 aliphatic carbocycles. The summed E-state index contributed by atoms with van der Waals surface area (Å²) in [6.07, 6.45) is 2.10. The second-order valence-electron chi connectivity index (χ2n) is 3.64. The second kappa shape index (κ2) is 5.09. The molecule has 0 saturated heterocycles. The van der Waals surface area contributed by atoms with E-state index in [-0.39, 0.29) is 11.1 Å². The van der Waals surface area contributed by atoms with Crippen molar-refractivity contribution < 1.29 is 9.59 Å². The third-order valence-corrected chi connectivity index (χ3v) is 2.32. The molecule has 1 aromatic carbocycles. The highest BCUT2D eigenvalue weighted by atomic mass is 16.2. The average Bonchev–Trinajstić information content (AvgIpc) is 2.39. The van der Waals surface area contributed by atoms with Gasteiger partial charge in [0.2, 0.25) is 5.56 Å². The average molecular weight is 242 g/mol. The number of hydrogen-bond acceptors (Lipinski definition) is 3. The number of aromatic nitrogens is 1. The molecule has 0 aliphatic heterocycles. The van der Waals surface area contributed by atoms with Crippen molar-refractivity contribution in [2.45, 2.75) is 0 Å². The van der Waals surface area contributed by atoms with Crippen LogP contribution in [-0.4, -0.2) is 17.2 Å². The van der Waals surface area contributed by atoms with E-state index < -0.39 is 5.91 Å². The van der Waals surface area contributed by atoms with Crippen LogP contribution in [0.4, 0.5) is 5.69 Å². The number of nitrogens with one attached hydrogen (secondary N) is 2. The van der Waals surface area contributed by atoms with Gasteiger partial charge in [0.05, 0.1) is 0 Å². The molecule has 1 heterocycles. The van der Waals surface area contributed by atoms with Gasteiger partial charge in [-0.2, -0.15) is 0 Å². The minimum absolute atomic E-state index is 0.259. The summed E-state index contributed by atoms with van der Waals surface area (Å²) < 4.78 is 0. The molecule has 5 nitrogen and oxygen atoms in total. The molecule has 2 aromatic rings. The Kier molecular flexibility index (Phi) is 3.33. The first-order chi connectivity index (χ1) is 8.69. The number of benzene rings is 1. The summed E-state index contributed by atoms with van der Waals surface area (Å²) in [5.74, 6) is -0.399. The van der Waals surface area contributed by atoms with Gasteiger partial charge in [0.25, 0.3) is 5.91 Å². The third kappa shape index (κ3) is 2.70. The van der Waals surface area contributed by atoms with Gasteiger partial charge in [-0.15, -0.1) is 0 Å². The van der Waals surface area contributed by atoms with Crippen LogP contribution < -0.4 is 10.9 Å².